The van der Waals surface area contributed by atoms with Gasteiger partial charge in [-0.1, -0.05) is 11.6 Å². The third-order valence-corrected chi connectivity index (χ3v) is 6.57. The monoisotopic (exact) mass is 381 g/mol. The maximum atomic E-state index is 13.0. The fourth-order valence-corrected chi connectivity index (χ4v) is 4.85. The van der Waals surface area contributed by atoms with Crippen molar-refractivity contribution in [2.45, 2.75) is 17.9 Å². The van der Waals surface area contributed by atoms with Gasteiger partial charge in [0.1, 0.15) is 5.75 Å². The van der Waals surface area contributed by atoms with E-state index < -0.39 is 10.0 Å². The van der Waals surface area contributed by atoms with Crippen LogP contribution < -0.4 is 14.2 Å². The molecule has 2 heterocycles. The molecule has 0 atom stereocenters. The lowest BCUT2D eigenvalue weighted by atomic mass is 10.0. The predicted molar refractivity (Wildman–Crippen MR) is 91.9 cm³/mol. The first-order valence-electron chi connectivity index (χ1n) is 7.74. The standard InChI is InChI=1S/C17H16ClNO5S/c1-22-15-3-2-13(8-14(15)18)25(20,21)19-5-4-11-6-16-17(24-10-23-16)7-12(11)9-19/h2-3,6-8H,4-5,9-10H2,1H3. The lowest BCUT2D eigenvalue weighted by molar-refractivity contribution is 0.174. The second-order valence-corrected chi connectivity index (χ2v) is 8.20. The first kappa shape index (κ1) is 16.5. The normalized spacial score (nSPS) is 16.6. The molecule has 8 heteroatoms. The Bertz CT molecular complexity index is 944. The maximum Gasteiger partial charge on any atom is 0.243 e. The summed E-state index contributed by atoms with van der Waals surface area (Å²) < 4.78 is 43.2. The van der Waals surface area contributed by atoms with Crippen LogP contribution in [-0.4, -0.2) is 33.2 Å². The van der Waals surface area contributed by atoms with Crippen LogP contribution in [0.3, 0.4) is 0 Å². The molecule has 0 saturated carbocycles. The molecule has 0 bridgehead atoms. The Hall–Kier alpha value is -1.96. The zero-order valence-electron chi connectivity index (χ0n) is 13.5. The van der Waals surface area contributed by atoms with Crippen molar-refractivity contribution >= 4 is 21.6 Å². The smallest absolute Gasteiger partial charge is 0.243 e. The Morgan fingerprint density at radius 1 is 1.12 bits per heavy atom. The molecule has 0 amide bonds. The van der Waals surface area contributed by atoms with Crippen molar-refractivity contribution in [3.05, 3.63) is 46.5 Å². The molecule has 2 aromatic carbocycles. The van der Waals surface area contributed by atoms with Crippen LogP contribution in [0.15, 0.2) is 35.2 Å². The largest absolute Gasteiger partial charge is 0.495 e. The van der Waals surface area contributed by atoms with E-state index in [1.54, 1.807) is 6.07 Å². The van der Waals surface area contributed by atoms with Crippen molar-refractivity contribution in [2.75, 3.05) is 20.4 Å². The minimum atomic E-state index is -3.65. The molecule has 0 spiro atoms. The highest BCUT2D eigenvalue weighted by Gasteiger charge is 2.30. The molecule has 0 aromatic heterocycles. The summed E-state index contributed by atoms with van der Waals surface area (Å²) in [5.41, 5.74) is 2.02. The number of rotatable bonds is 3. The Morgan fingerprint density at radius 2 is 1.84 bits per heavy atom. The van der Waals surface area contributed by atoms with Gasteiger partial charge in [0.05, 0.1) is 17.0 Å². The van der Waals surface area contributed by atoms with Crippen LogP contribution in [0.25, 0.3) is 0 Å². The van der Waals surface area contributed by atoms with Gasteiger partial charge in [0.2, 0.25) is 16.8 Å². The van der Waals surface area contributed by atoms with Crippen molar-refractivity contribution in [3.8, 4) is 17.2 Å². The Balaban J connectivity index is 1.65. The molecule has 0 aliphatic carbocycles. The molecular weight excluding hydrogens is 366 g/mol. The molecule has 0 unspecified atom stereocenters. The summed E-state index contributed by atoms with van der Waals surface area (Å²) in [6.07, 6.45) is 0.620. The maximum absolute atomic E-state index is 13.0. The van der Waals surface area contributed by atoms with Crippen molar-refractivity contribution in [1.29, 1.82) is 0 Å². The van der Waals surface area contributed by atoms with E-state index in [1.807, 2.05) is 12.1 Å². The van der Waals surface area contributed by atoms with E-state index in [0.717, 1.165) is 16.9 Å². The first-order valence-corrected chi connectivity index (χ1v) is 9.56. The molecule has 132 valence electrons. The van der Waals surface area contributed by atoms with E-state index in [-0.39, 0.29) is 23.3 Å². The quantitative estimate of drug-likeness (QED) is 0.818. The summed E-state index contributed by atoms with van der Waals surface area (Å²) in [6.45, 7) is 0.890. The van der Waals surface area contributed by atoms with Gasteiger partial charge in [0, 0.05) is 13.1 Å². The highest BCUT2D eigenvalue weighted by molar-refractivity contribution is 7.89. The fourth-order valence-electron chi connectivity index (χ4n) is 3.08. The molecular formula is C17H16ClNO5S. The zero-order chi connectivity index (χ0) is 17.6. The van der Waals surface area contributed by atoms with Crippen molar-refractivity contribution < 1.29 is 22.6 Å². The molecule has 2 aliphatic rings. The molecule has 2 aliphatic heterocycles. The lowest BCUT2D eigenvalue weighted by Crippen LogP contribution is -2.35. The number of hydrogen-bond donors (Lipinski definition) is 0. The van der Waals surface area contributed by atoms with Gasteiger partial charge in [-0.05, 0) is 47.9 Å². The highest BCUT2D eigenvalue weighted by Crippen LogP contribution is 2.38. The van der Waals surface area contributed by atoms with Gasteiger partial charge in [-0.15, -0.1) is 0 Å². The molecule has 0 N–H and O–H groups in total. The van der Waals surface area contributed by atoms with E-state index in [4.69, 9.17) is 25.8 Å². The Labute approximate surface area is 150 Å². The summed E-state index contributed by atoms with van der Waals surface area (Å²) in [5, 5.41) is 0.268. The molecule has 6 nitrogen and oxygen atoms in total. The van der Waals surface area contributed by atoms with E-state index in [2.05, 4.69) is 0 Å². The molecule has 25 heavy (non-hydrogen) atoms. The fraction of sp³-hybridized carbons (Fsp3) is 0.294. The number of benzene rings is 2. The lowest BCUT2D eigenvalue weighted by Gasteiger charge is -2.28. The van der Waals surface area contributed by atoms with Gasteiger partial charge in [-0.25, -0.2) is 8.42 Å². The van der Waals surface area contributed by atoms with Gasteiger partial charge < -0.3 is 14.2 Å². The van der Waals surface area contributed by atoms with Crippen molar-refractivity contribution in [1.82, 2.24) is 4.31 Å². The summed E-state index contributed by atoms with van der Waals surface area (Å²) in [7, 11) is -2.16. The van der Waals surface area contributed by atoms with E-state index in [9.17, 15) is 8.42 Å². The summed E-state index contributed by atoms with van der Waals surface area (Å²) in [4.78, 5) is 0.155. The second-order valence-electron chi connectivity index (χ2n) is 5.86. The number of sulfonamides is 1. The minimum absolute atomic E-state index is 0.155. The van der Waals surface area contributed by atoms with Gasteiger partial charge in [-0.2, -0.15) is 4.31 Å². The predicted octanol–water partition coefficient (Wildman–Crippen LogP) is 2.82. The van der Waals surface area contributed by atoms with E-state index in [0.29, 0.717) is 24.5 Å². The SMILES string of the molecule is COc1ccc(S(=O)(=O)N2CCc3cc4c(cc3C2)OCO4)cc1Cl. The first-order chi connectivity index (χ1) is 12.0. The topological polar surface area (TPSA) is 65.1 Å². The summed E-state index contributed by atoms with van der Waals surface area (Å²) >= 11 is 6.08. The van der Waals surface area contributed by atoms with E-state index in [1.165, 1.54) is 23.5 Å². The average molecular weight is 382 g/mol. The summed E-state index contributed by atoms with van der Waals surface area (Å²) in [6, 6.07) is 8.29. The minimum Gasteiger partial charge on any atom is -0.495 e. The molecule has 0 fully saturated rings. The molecule has 4 rings (SSSR count). The number of methoxy groups -OCH3 is 1. The molecule has 0 saturated heterocycles. The van der Waals surface area contributed by atoms with Crippen LogP contribution in [0, 0.1) is 0 Å². The third-order valence-electron chi connectivity index (χ3n) is 4.43. The van der Waals surface area contributed by atoms with Gasteiger partial charge in [-0.3, -0.25) is 0 Å². The average Bonchev–Trinajstić information content (AvgIpc) is 3.06. The Morgan fingerprint density at radius 3 is 2.52 bits per heavy atom. The number of nitrogens with zero attached hydrogens (tertiary/aromatic N) is 1. The number of halogens is 1. The summed E-state index contributed by atoms with van der Waals surface area (Å²) in [5.74, 6) is 1.82. The second kappa shape index (κ2) is 6.09. The Kier molecular flexibility index (Phi) is 4.02. The molecule has 2 aromatic rings. The number of ether oxygens (including phenoxy) is 3. The van der Waals surface area contributed by atoms with Crippen LogP contribution in [0.2, 0.25) is 5.02 Å². The number of hydrogen-bond acceptors (Lipinski definition) is 5. The van der Waals surface area contributed by atoms with Crippen LogP contribution in [0.1, 0.15) is 11.1 Å². The molecule has 0 radical (unpaired) electrons. The van der Waals surface area contributed by atoms with Crippen molar-refractivity contribution in [3.63, 3.8) is 0 Å². The van der Waals surface area contributed by atoms with Gasteiger partial charge in [0.15, 0.2) is 11.5 Å². The highest BCUT2D eigenvalue weighted by atomic mass is 35.5. The van der Waals surface area contributed by atoms with Crippen LogP contribution >= 0.6 is 11.6 Å². The van der Waals surface area contributed by atoms with Crippen LogP contribution in [0.5, 0.6) is 17.2 Å². The number of fused-ring (bicyclic) bond motifs is 2. The van der Waals surface area contributed by atoms with Crippen molar-refractivity contribution in [2.24, 2.45) is 0 Å². The van der Waals surface area contributed by atoms with E-state index >= 15 is 0 Å². The van der Waals surface area contributed by atoms with Crippen LogP contribution in [-0.2, 0) is 23.0 Å². The zero-order valence-corrected chi connectivity index (χ0v) is 15.1. The third kappa shape index (κ3) is 2.82. The van der Waals surface area contributed by atoms with Crippen LogP contribution in [0.4, 0.5) is 0 Å². The van der Waals surface area contributed by atoms with Gasteiger partial charge in [0.25, 0.3) is 0 Å². The van der Waals surface area contributed by atoms with Gasteiger partial charge >= 0.3 is 0 Å².